The predicted octanol–water partition coefficient (Wildman–Crippen LogP) is 2.12. The molecule has 2 rings (SSSR count). The molecule has 0 spiro atoms. The van der Waals surface area contributed by atoms with Gasteiger partial charge in [-0.25, -0.2) is 8.42 Å². The summed E-state index contributed by atoms with van der Waals surface area (Å²) < 4.78 is 42.4. The normalized spacial score (nSPS) is 11.4. The molecular weight excluding hydrogens is 308 g/mol. The molecule has 0 aliphatic heterocycles. The zero-order valence-corrected chi connectivity index (χ0v) is 13.4. The van der Waals surface area contributed by atoms with Gasteiger partial charge in [0, 0.05) is 12.8 Å². The molecule has 0 radical (unpaired) electrons. The molecule has 1 heterocycles. The minimum Gasteiger partial charge on any atom is -0.491 e. The molecular formula is C14H18N2O5S. The third-order valence-corrected chi connectivity index (χ3v) is 4.52. The van der Waals surface area contributed by atoms with Crippen molar-refractivity contribution >= 4 is 15.7 Å². The van der Waals surface area contributed by atoms with Gasteiger partial charge >= 0.3 is 0 Å². The van der Waals surface area contributed by atoms with E-state index >= 15 is 0 Å². The number of rotatable bonds is 7. The molecule has 0 atom stereocenters. The largest absolute Gasteiger partial charge is 0.491 e. The van der Waals surface area contributed by atoms with Gasteiger partial charge in [-0.15, -0.1) is 0 Å². The minimum absolute atomic E-state index is 0.0629. The first-order chi connectivity index (χ1) is 10.4. The van der Waals surface area contributed by atoms with Gasteiger partial charge in [-0.05, 0) is 38.1 Å². The summed E-state index contributed by atoms with van der Waals surface area (Å²) in [6.07, 6.45) is 0. The van der Waals surface area contributed by atoms with Crippen molar-refractivity contribution in [2.24, 2.45) is 0 Å². The van der Waals surface area contributed by atoms with E-state index in [9.17, 15) is 8.42 Å². The second kappa shape index (κ2) is 6.80. The van der Waals surface area contributed by atoms with Gasteiger partial charge in [0.1, 0.15) is 18.1 Å². The van der Waals surface area contributed by atoms with Crippen molar-refractivity contribution < 1.29 is 22.4 Å². The van der Waals surface area contributed by atoms with E-state index < -0.39 is 10.0 Å². The smallest absolute Gasteiger partial charge is 0.267 e. The molecule has 1 aromatic heterocycles. The van der Waals surface area contributed by atoms with E-state index in [1.54, 1.807) is 45.2 Å². The van der Waals surface area contributed by atoms with Crippen molar-refractivity contribution in [2.45, 2.75) is 18.7 Å². The second-order valence-electron chi connectivity index (χ2n) is 4.62. The maximum absolute atomic E-state index is 12.3. The lowest BCUT2D eigenvalue weighted by molar-refractivity contribution is 0.146. The van der Waals surface area contributed by atoms with Crippen LogP contribution < -0.4 is 9.46 Å². The number of aromatic nitrogens is 1. The Kier molecular flexibility index (Phi) is 5.04. The summed E-state index contributed by atoms with van der Waals surface area (Å²) in [7, 11) is -2.14. The summed E-state index contributed by atoms with van der Waals surface area (Å²) in [6.45, 7) is 4.06. The number of sulfonamides is 1. The van der Waals surface area contributed by atoms with Gasteiger partial charge in [0.15, 0.2) is 10.7 Å². The molecule has 2 aromatic rings. The molecule has 0 fully saturated rings. The van der Waals surface area contributed by atoms with Gasteiger partial charge in [0.25, 0.3) is 10.0 Å². The molecule has 1 N–H and O–H groups in total. The van der Waals surface area contributed by atoms with Crippen LogP contribution in [0.2, 0.25) is 0 Å². The standard InChI is InChI=1S/C14H18N2O5S/c1-10-14(11(2)21-15-10)22(17,18)16-12-4-6-13(7-5-12)20-9-8-19-3/h4-7,16H,8-9H2,1-3H3. The molecule has 120 valence electrons. The Bertz CT molecular complexity index is 703. The van der Waals surface area contributed by atoms with E-state index in [0.29, 0.717) is 30.3 Å². The average Bonchev–Trinajstić information content (AvgIpc) is 2.81. The fraction of sp³-hybridized carbons (Fsp3) is 0.357. The number of benzene rings is 1. The Balaban J connectivity index is 2.10. The van der Waals surface area contributed by atoms with Crippen LogP contribution in [0.4, 0.5) is 5.69 Å². The fourth-order valence-electron chi connectivity index (χ4n) is 1.93. The van der Waals surface area contributed by atoms with Crippen LogP contribution >= 0.6 is 0 Å². The highest BCUT2D eigenvalue weighted by atomic mass is 32.2. The average molecular weight is 326 g/mol. The highest BCUT2D eigenvalue weighted by Crippen LogP contribution is 2.23. The molecule has 0 amide bonds. The zero-order valence-electron chi connectivity index (χ0n) is 12.6. The van der Waals surface area contributed by atoms with Crippen LogP contribution in [0.5, 0.6) is 5.75 Å². The van der Waals surface area contributed by atoms with Gasteiger partial charge in [-0.1, -0.05) is 5.16 Å². The molecule has 0 unspecified atom stereocenters. The first kappa shape index (κ1) is 16.3. The fourth-order valence-corrected chi connectivity index (χ4v) is 3.32. The third-order valence-electron chi connectivity index (χ3n) is 2.90. The van der Waals surface area contributed by atoms with Crippen molar-refractivity contribution in [2.75, 3.05) is 25.0 Å². The predicted molar refractivity (Wildman–Crippen MR) is 80.6 cm³/mol. The van der Waals surface area contributed by atoms with Crippen LogP contribution in [-0.4, -0.2) is 33.9 Å². The number of nitrogens with zero attached hydrogens (tertiary/aromatic N) is 1. The number of hydrogen-bond acceptors (Lipinski definition) is 6. The molecule has 1 aromatic carbocycles. The first-order valence-corrected chi connectivity index (χ1v) is 8.10. The molecule has 0 saturated carbocycles. The molecule has 0 saturated heterocycles. The van der Waals surface area contributed by atoms with Gasteiger partial charge in [-0.2, -0.15) is 0 Å². The minimum atomic E-state index is -3.73. The highest BCUT2D eigenvalue weighted by molar-refractivity contribution is 7.92. The Morgan fingerprint density at radius 3 is 2.41 bits per heavy atom. The van der Waals surface area contributed by atoms with Crippen LogP contribution in [0.1, 0.15) is 11.5 Å². The van der Waals surface area contributed by atoms with Crippen LogP contribution in [0.25, 0.3) is 0 Å². The molecule has 0 aliphatic rings. The van der Waals surface area contributed by atoms with Crippen molar-refractivity contribution in [3.05, 3.63) is 35.7 Å². The molecule has 7 nitrogen and oxygen atoms in total. The Morgan fingerprint density at radius 2 is 1.86 bits per heavy atom. The lowest BCUT2D eigenvalue weighted by Gasteiger charge is -2.09. The van der Waals surface area contributed by atoms with E-state index in [2.05, 4.69) is 9.88 Å². The summed E-state index contributed by atoms with van der Waals surface area (Å²) in [5.41, 5.74) is 0.753. The van der Waals surface area contributed by atoms with Gasteiger partial charge in [-0.3, -0.25) is 4.72 Å². The quantitative estimate of drug-likeness (QED) is 0.784. The van der Waals surface area contributed by atoms with Gasteiger partial charge < -0.3 is 14.0 Å². The van der Waals surface area contributed by atoms with E-state index in [0.717, 1.165) is 0 Å². The summed E-state index contributed by atoms with van der Waals surface area (Å²) in [6, 6.07) is 6.61. The number of methoxy groups -OCH3 is 1. The maximum Gasteiger partial charge on any atom is 0.267 e. The number of aryl methyl sites for hydroxylation is 2. The Hall–Kier alpha value is -2.06. The number of hydrogen-bond donors (Lipinski definition) is 1. The highest BCUT2D eigenvalue weighted by Gasteiger charge is 2.24. The third kappa shape index (κ3) is 3.77. The summed E-state index contributed by atoms with van der Waals surface area (Å²) >= 11 is 0. The molecule has 8 heteroatoms. The van der Waals surface area contributed by atoms with Crippen LogP contribution in [-0.2, 0) is 14.8 Å². The van der Waals surface area contributed by atoms with E-state index in [-0.39, 0.29) is 10.7 Å². The summed E-state index contributed by atoms with van der Waals surface area (Å²) in [5, 5.41) is 3.65. The van der Waals surface area contributed by atoms with Crippen LogP contribution in [0.3, 0.4) is 0 Å². The van der Waals surface area contributed by atoms with Crippen molar-refractivity contribution in [1.82, 2.24) is 5.16 Å². The van der Waals surface area contributed by atoms with Crippen LogP contribution in [0.15, 0.2) is 33.7 Å². The van der Waals surface area contributed by atoms with Crippen molar-refractivity contribution in [3.63, 3.8) is 0 Å². The number of ether oxygens (including phenoxy) is 2. The molecule has 0 bridgehead atoms. The van der Waals surface area contributed by atoms with Gasteiger partial charge in [0.2, 0.25) is 0 Å². The SMILES string of the molecule is COCCOc1ccc(NS(=O)(=O)c2c(C)noc2C)cc1. The molecule has 0 aliphatic carbocycles. The summed E-state index contributed by atoms with van der Waals surface area (Å²) in [5.74, 6) is 0.891. The van der Waals surface area contributed by atoms with Crippen LogP contribution in [0, 0.1) is 13.8 Å². The summed E-state index contributed by atoms with van der Waals surface area (Å²) in [4.78, 5) is 0.0629. The first-order valence-electron chi connectivity index (χ1n) is 6.61. The van der Waals surface area contributed by atoms with Crippen molar-refractivity contribution in [3.8, 4) is 5.75 Å². The topological polar surface area (TPSA) is 90.7 Å². The van der Waals surface area contributed by atoms with E-state index in [4.69, 9.17) is 14.0 Å². The van der Waals surface area contributed by atoms with Gasteiger partial charge in [0.05, 0.1) is 6.61 Å². The maximum atomic E-state index is 12.3. The second-order valence-corrected chi connectivity index (χ2v) is 6.24. The monoisotopic (exact) mass is 326 g/mol. The van der Waals surface area contributed by atoms with E-state index in [1.807, 2.05) is 0 Å². The Labute approximate surface area is 129 Å². The lowest BCUT2D eigenvalue weighted by Crippen LogP contribution is -2.14. The molecule has 22 heavy (non-hydrogen) atoms. The van der Waals surface area contributed by atoms with E-state index in [1.165, 1.54) is 0 Å². The Morgan fingerprint density at radius 1 is 1.18 bits per heavy atom. The van der Waals surface area contributed by atoms with Crippen molar-refractivity contribution in [1.29, 1.82) is 0 Å². The number of anilines is 1. The number of nitrogens with one attached hydrogen (secondary N) is 1. The lowest BCUT2D eigenvalue weighted by atomic mass is 10.3. The zero-order chi connectivity index (χ0) is 16.2.